The molecular formula is C16H20N2OS. The van der Waals surface area contributed by atoms with Crippen molar-refractivity contribution >= 4 is 17.3 Å². The highest BCUT2D eigenvalue weighted by atomic mass is 32.1. The Labute approximate surface area is 124 Å². The van der Waals surface area contributed by atoms with Crippen molar-refractivity contribution < 1.29 is 4.79 Å². The van der Waals surface area contributed by atoms with Crippen LogP contribution in [0, 0.1) is 13.8 Å². The Hall–Kier alpha value is -1.55. The van der Waals surface area contributed by atoms with Gasteiger partial charge in [-0.3, -0.25) is 4.79 Å². The van der Waals surface area contributed by atoms with Crippen LogP contribution in [0.2, 0.25) is 0 Å². The van der Waals surface area contributed by atoms with Crippen LogP contribution in [0.15, 0.2) is 18.2 Å². The number of hydrogen-bond acceptors (Lipinski definition) is 4. The second kappa shape index (κ2) is 5.44. The minimum Gasteiger partial charge on any atom is -0.293 e. The van der Waals surface area contributed by atoms with E-state index in [4.69, 9.17) is 0 Å². The summed E-state index contributed by atoms with van der Waals surface area (Å²) in [7, 11) is 0. The third-order valence-corrected chi connectivity index (χ3v) is 4.07. The number of Topliss-reactive ketones (excluding diaryl/α,β-unsaturated/α-hetero) is 1. The van der Waals surface area contributed by atoms with Crippen molar-refractivity contribution in [3.05, 3.63) is 45.5 Å². The normalized spacial score (nSPS) is 11.7. The number of carbonyl (C=O) groups is 1. The van der Waals surface area contributed by atoms with Crippen molar-refractivity contribution in [1.29, 1.82) is 0 Å². The lowest BCUT2D eigenvalue weighted by atomic mass is 9.89. The van der Waals surface area contributed by atoms with E-state index in [1.54, 1.807) is 0 Å². The number of aromatic nitrogens is 2. The zero-order chi connectivity index (χ0) is 14.9. The molecule has 0 unspecified atom stereocenters. The minimum absolute atomic E-state index is 0.110. The Morgan fingerprint density at radius 1 is 1.25 bits per heavy atom. The summed E-state index contributed by atoms with van der Waals surface area (Å²) < 4.78 is 3.96. The van der Waals surface area contributed by atoms with Crippen LogP contribution in [-0.4, -0.2) is 15.4 Å². The standard InChI is InChI=1S/C16H20N2OS/c1-10-6-7-11(2)12(8-10)9-13(19)14-15(16(3,4)5)17-18-20-14/h6-8H,9H2,1-5H3. The first kappa shape index (κ1) is 14.9. The van der Waals surface area contributed by atoms with E-state index >= 15 is 0 Å². The van der Waals surface area contributed by atoms with Crippen LogP contribution in [0.5, 0.6) is 0 Å². The molecule has 0 saturated carbocycles. The molecule has 0 spiro atoms. The number of aryl methyl sites for hydroxylation is 2. The van der Waals surface area contributed by atoms with Crippen LogP contribution in [0.3, 0.4) is 0 Å². The van der Waals surface area contributed by atoms with Gasteiger partial charge in [0.05, 0.1) is 5.69 Å². The predicted octanol–water partition coefficient (Wildman–Crippen LogP) is 3.88. The van der Waals surface area contributed by atoms with Crippen LogP contribution in [0.25, 0.3) is 0 Å². The van der Waals surface area contributed by atoms with Gasteiger partial charge in [0.2, 0.25) is 0 Å². The molecule has 1 aromatic heterocycles. The van der Waals surface area contributed by atoms with Gasteiger partial charge in [0.25, 0.3) is 0 Å². The molecule has 0 amide bonds. The summed E-state index contributed by atoms with van der Waals surface area (Å²) in [6, 6.07) is 6.21. The molecule has 1 aromatic carbocycles. The van der Waals surface area contributed by atoms with E-state index in [1.165, 1.54) is 17.1 Å². The molecule has 0 aliphatic heterocycles. The molecular weight excluding hydrogens is 268 g/mol. The summed E-state index contributed by atoms with van der Waals surface area (Å²) in [6.45, 7) is 10.2. The highest BCUT2D eigenvalue weighted by Crippen LogP contribution is 2.27. The monoisotopic (exact) mass is 288 g/mol. The molecule has 0 atom stereocenters. The van der Waals surface area contributed by atoms with Crippen molar-refractivity contribution in [3.63, 3.8) is 0 Å². The first-order valence-electron chi connectivity index (χ1n) is 6.71. The van der Waals surface area contributed by atoms with Crippen molar-refractivity contribution in [3.8, 4) is 0 Å². The molecule has 0 saturated heterocycles. The fraction of sp³-hybridized carbons (Fsp3) is 0.438. The fourth-order valence-electron chi connectivity index (χ4n) is 2.11. The van der Waals surface area contributed by atoms with Crippen molar-refractivity contribution in [2.45, 2.75) is 46.5 Å². The van der Waals surface area contributed by atoms with Crippen LogP contribution >= 0.6 is 11.5 Å². The molecule has 20 heavy (non-hydrogen) atoms. The Bertz CT molecular complexity index is 638. The molecule has 0 N–H and O–H groups in total. The summed E-state index contributed by atoms with van der Waals surface area (Å²) in [4.78, 5) is 13.2. The smallest absolute Gasteiger partial charge is 0.180 e. The Morgan fingerprint density at radius 3 is 2.60 bits per heavy atom. The lowest BCUT2D eigenvalue weighted by Gasteiger charge is -2.16. The number of benzene rings is 1. The van der Waals surface area contributed by atoms with Crippen molar-refractivity contribution in [2.24, 2.45) is 0 Å². The van der Waals surface area contributed by atoms with Gasteiger partial charge in [-0.1, -0.05) is 49.0 Å². The van der Waals surface area contributed by atoms with E-state index in [0.29, 0.717) is 11.3 Å². The summed E-state index contributed by atoms with van der Waals surface area (Å²) in [5.74, 6) is 0.110. The molecule has 106 valence electrons. The third-order valence-electron chi connectivity index (χ3n) is 3.31. The summed E-state index contributed by atoms with van der Waals surface area (Å²) in [6.07, 6.45) is 0.417. The Kier molecular flexibility index (Phi) is 4.04. The van der Waals surface area contributed by atoms with Crippen molar-refractivity contribution in [2.75, 3.05) is 0 Å². The third kappa shape index (κ3) is 3.12. The molecule has 4 heteroatoms. The topological polar surface area (TPSA) is 42.9 Å². The fourth-order valence-corrected chi connectivity index (χ4v) is 2.92. The first-order chi connectivity index (χ1) is 9.29. The van der Waals surface area contributed by atoms with Crippen LogP contribution in [-0.2, 0) is 11.8 Å². The van der Waals surface area contributed by atoms with Crippen LogP contribution in [0.1, 0.15) is 52.8 Å². The SMILES string of the molecule is Cc1ccc(C)c(CC(=O)c2snnc2C(C)(C)C)c1. The van der Waals surface area contributed by atoms with Gasteiger partial charge in [-0.15, -0.1) is 5.10 Å². The van der Waals surface area contributed by atoms with E-state index in [2.05, 4.69) is 48.6 Å². The van der Waals surface area contributed by atoms with Gasteiger partial charge in [0.15, 0.2) is 5.78 Å². The maximum absolute atomic E-state index is 12.5. The van der Waals surface area contributed by atoms with Gasteiger partial charge in [-0.05, 0) is 36.5 Å². The second-order valence-electron chi connectivity index (χ2n) is 6.23. The first-order valence-corrected chi connectivity index (χ1v) is 7.48. The molecule has 0 bridgehead atoms. The van der Waals surface area contributed by atoms with Crippen LogP contribution < -0.4 is 0 Å². The van der Waals surface area contributed by atoms with Gasteiger partial charge >= 0.3 is 0 Å². The van der Waals surface area contributed by atoms with Gasteiger partial charge in [-0.2, -0.15) is 0 Å². The Morgan fingerprint density at radius 2 is 1.95 bits per heavy atom. The minimum atomic E-state index is -0.153. The molecule has 0 radical (unpaired) electrons. The van der Waals surface area contributed by atoms with E-state index in [-0.39, 0.29) is 11.2 Å². The van der Waals surface area contributed by atoms with Gasteiger partial charge in [-0.25, -0.2) is 0 Å². The van der Waals surface area contributed by atoms with E-state index in [9.17, 15) is 4.79 Å². The number of nitrogens with zero attached hydrogens (tertiary/aromatic N) is 2. The number of hydrogen-bond donors (Lipinski definition) is 0. The number of carbonyl (C=O) groups excluding carboxylic acids is 1. The van der Waals surface area contributed by atoms with Gasteiger partial charge in [0.1, 0.15) is 4.88 Å². The number of ketones is 1. The molecule has 0 aliphatic carbocycles. The zero-order valence-electron chi connectivity index (χ0n) is 12.7. The lowest BCUT2D eigenvalue weighted by molar-refractivity contribution is 0.0994. The highest BCUT2D eigenvalue weighted by molar-refractivity contribution is 7.08. The van der Waals surface area contributed by atoms with E-state index in [1.807, 2.05) is 13.8 Å². The summed E-state index contributed by atoms with van der Waals surface area (Å²) in [5, 5.41) is 4.14. The highest BCUT2D eigenvalue weighted by Gasteiger charge is 2.26. The molecule has 3 nitrogen and oxygen atoms in total. The largest absolute Gasteiger partial charge is 0.293 e. The van der Waals surface area contributed by atoms with Crippen molar-refractivity contribution in [1.82, 2.24) is 9.59 Å². The maximum Gasteiger partial charge on any atom is 0.180 e. The number of rotatable bonds is 3. The average molecular weight is 288 g/mol. The Balaban J connectivity index is 2.30. The van der Waals surface area contributed by atoms with Gasteiger partial charge < -0.3 is 0 Å². The second-order valence-corrected chi connectivity index (χ2v) is 6.98. The average Bonchev–Trinajstić information content (AvgIpc) is 2.82. The summed E-state index contributed by atoms with van der Waals surface area (Å²) in [5.41, 5.74) is 4.07. The molecule has 2 aromatic rings. The van der Waals surface area contributed by atoms with Crippen LogP contribution in [0.4, 0.5) is 0 Å². The maximum atomic E-state index is 12.5. The molecule has 0 fully saturated rings. The summed E-state index contributed by atoms with van der Waals surface area (Å²) >= 11 is 1.20. The quantitative estimate of drug-likeness (QED) is 0.805. The van der Waals surface area contributed by atoms with E-state index < -0.39 is 0 Å². The molecule has 2 rings (SSSR count). The molecule has 0 aliphatic rings. The lowest BCUT2D eigenvalue weighted by Crippen LogP contribution is -2.17. The van der Waals surface area contributed by atoms with Gasteiger partial charge in [0, 0.05) is 11.8 Å². The zero-order valence-corrected chi connectivity index (χ0v) is 13.5. The molecule has 1 heterocycles. The van der Waals surface area contributed by atoms with E-state index in [0.717, 1.165) is 16.8 Å². The predicted molar refractivity (Wildman–Crippen MR) is 82.6 cm³/mol.